The van der Waals surface area contributed by atoms with Gasteiger partial charge in [-0.1, -0.05) is 44.2 Å². The fraction of sp³-hybridized carbons (Fsp3) is 0.394. The number of carboxylic acids is 1. The van der Waals surface area contributed by atoms with Gasteiger partial charge in [0.25, 0.3) is 0 Å². The zero-order chi connectivity index (χ0) is 27.6. The van der Waals surface area contributed by atoms with Crippen LogP contribution in [-0.2, 0) is 11.4 Å². The van der Waals surface area contributed by atoms with E-state index in [4.69, 9.17) is 9.47 Å². The second-order valence-corrected chi connectivity index (χ2v) is 11.4. The van der Waals surface area contributed by atoms with Crippen LogP contribution < -0.4 is 9.47 Å². The van der Waals surface area contributed by atoms with Crippen LogP contribution in [0.4, 0.5) is 4.39 Å². The Morgan fingerprint density at radius 3 is 2.67 bits per heavy atom. The van der Waals surface area contributed by atoms with E-state index >= 15 is 4.39 Å². The largest absolute Gasteiger partial charge is 0.489 e. The summed E-state index contributed by atoms with van der Waals surface area (Å²) in [6, 6.07) is 15.5. The second kappa shape index (κ2) is 11.2. The third kappa shape index (κ3) is 6.16. The fourth-order valence-electron chi connectivity index (χ4n) is 5.80. The summed E-state index contributed by atoms with van der Waals surface area (Å²) in [5.74, 6) is 0.383. The van der Waals surface area contributed by atoms with Crippen LogP contribution in [0.1, 0.15) is 75.0 Å². The predicted octanol–water partition coefficient (Wildman–Crippen LogP) is 8.04. The average molecular weight is 530 g/mol. The third-order valence-corrected chi connectivity index (χ3v) is 8.06. The molecule has 2 aromatic carbocycles. The Morgan fingerprint density at radius 1 is 1.13 bits per heavy atom. The van der Waals surface area contributed by atoms with Gasteiger partial charge in [-0.25, -0.2) is 9.37 Å². The average Bonchev–Trinajstić information content (AvgIpc) is 3.76. The number of aliphatic carboxylic acids is 1. The summed E-state index contributed by atoms with van der Waals surface area (Å²) in [6.07, 6.45) is 8.97. The van der Waals surface area contributed by atoms with Crippen LogP contribution in [0.25, 0.3) is 16.7 Å². The highest BCUT2D eigenvalue weighted by atomic mass is 19.1. The number of rotatable bonds is 10. The maximum Gasteiger partial charge on any atom is 0.303 e. The number of allylic oxidation sites excluding steroid dienone is 2. The fourth-order valence-corrected chi connectivity index (χ4v) is 5.80. The van der Waals surface area contributed by atoms with E-state index in [1.54, 1.807) is 6.07 Å². The van der Waals surface area contributed by atoms with Gasteiger partial charge in [-0.2, -0.15) is 0 Å². The minimum atomic E-state index is -0.769. The van der Waals surface area contributed by atoms with E-state index in [-0.39, 0.29) is 17.8 Å². The first-order valence-corrected chi connectivity index (χ1v) is 13.7. The molecule has 5 nitrogen and oxygen atoms in total. The first kappa shape index (κ1) is 26.9. The molecule has 204 valence electrons. The Balaban J connectivity index is 1.46. The monoisotopic (exact) mass is 529 g/mol. The number of carboxylic acid groups (broad SMARTS) is 1. The van der Waals surface area contributed by atoms with E-state index in [2.05, 4.69) is 31.0 Å². The highest BCUT2D eigenvalue weighted by molar-refractivity contribution is 5.84. The molecular weight excluding hydrogens is 493 g/mol. The molecule has 0 bridgehead atoms. The summed E-state index contributed by atoms with van der Waals surface area (Å²) >= 11 is 0. The number of hydrogen-bond acceptors (Lipinski definition) is 4. The van der Waals surface area contributed by atoms with Crippen molar-refractivity contribution in [3.63, 3.8) is 0 Å². The molecule has 0 amide bonds. The number of benzene rings is 2. The SMILES string of the molecule is COc1cc(-c2ccc(COc3cccc(C(CC(=O)O)C4CC4)c3)cc2C2=CCCCC2(C)C)c(F)cn1. The molecule has 1 unspecified atom stereocenters. The van der Waals surface area contributed by atoms with E-state index in [1.807, 2.05) is 36.4 Å². The normalized spacial score (nSPS) is 17.3. The number of halogens is 1. The zero-order valence-corrected chi connectivity index (χ0v) is 22.9. The van der Waals surface area contributed by atoms with Crippen LogP contribution >= 0.6 is 0 Å². The molecule has 6 heteroatoms. The smallest absolute Gasteiger partial charge is 0.303 e. The molecule has 1 N–H and O–H groups in total. The van der Waals surface area contributed by atoms with E-state index in [0.717, 1.165) is 60.1 Å². The molecule has 3 aromatic rings. The minimum Gasteiger partial charge on any atom is -0.489 e. The Labute approximate surface area is 229 Å². The Hall–Kier alpha value is -3.67. The first-order valence-electron chi connectivity index (χ1n) is 13.7. The molecule has 2 aliphatic carbocycles. The summed E-state index contributed by atoms with van der Waals surface area (Å²) in [5, 5.41) is 9.39. The van der Waals surface area contributed by atoms with Crippen molar-refractivity contribution in [2.75, 3.05) is 7.11 Å². The summed E-state index contributed by atoms with van der Waals surface area (Å²) in [5.41, 5.74) is 5.43. The van der Waals surface area contributed by atoms with Crippen LogP contribution in [0.2, 0.25) is 0 Å². The lowest BCUT2D eigenvalue weighted by Crippen LogP contribution is -2.18. The number of pyridine rings is 1. The van der Waals surface area contributed by atoms with Gasteiger partial charge in [0.15, 0.2) is 0 Å². The number of nitrogens with zero attached hydrogens (tertiary/aromatic N) is 1. The molecule has 0 radical (unpaired) electrons. The number of hydrogen-bond donors (Lipinski definition) is 1. The molecule has 1 atom stereocenters. The van der Waals surface area contributed by atoms with Crippen molar-refractivity contribution in [3.05, 3.63) is 83.3 Å². The topological polar surface area (TPSA) is 68.7 Å². The van der Waals surface area contributed by atoms with E-state index in [1.165, 1.54) is 18.9 Å². The molecule has 1 heterocycles. The number of aromatic nitrogens is 1. The lowest BCUT2D eigenvalue weighted by Gasteiger charge is -2.33. The van der Waals surface area contributed by atoms with Gasteiger partial charge in [-0.3, -0.25) is 4.79 Å². The van der Waals surface area contributed by atoms with Crippen molar-refractivity contribution in [3.8, 4) is 22.8 Å². The molecule has 5 rings (SSSR count). The van der Waals surface area contributed by atoms with Crippen molar-refractivity contribution in [1.82, 2.24) is 4.98 Å². The van der Waals surface area contributed by atoms with E-state index in [0.29, 0.717) is 24.0 Å². The molecular formula is C33H36FNO4. The Bertz CT molecular complexity index is 1390. The minimum absolute atomic E-state index is 0.0182. The van der Waals surface area contributed by atoms with Crippen LogP contribution in [-0.4, -0.2) is 23.2 Å². The van der Waals surface area contributed by atoms with E-state index < -0.39 is 11.8 Å². The second-order valence-electron chi connectivity index (χ2n) is 11.4. The molecule has 0 aliphatic heterocycles. The van der Waals surface area contributed by atoms with E-state index in [9.17, 15) is 9.90 Å². The lowest BCUT2D eigenvalue weighted by atomic mass is 9.71. The van der Waals surface area contributed by atoms with Crippen molar-refractivity contribution >= 4 is 11.5 Å². The highest BCUT2D eigenvalue weighted by Gasteiger charge is 2.34. The van der Waals surface area contributed by atoms with Gasteiger partial charge < -0.3 is 14.6 Å². The summed E-state index contributed by atoms with van der Waals surface area (Å²) in [6.45, 7) is 4.83. The van der Waals surface area contributed by atoms with Crippen LogP contribution in [0, 0.1) is 17.2 Å². The van der Waals surface area contributed by atoms with Crippen LogP contribution in [0.15, 0.2) is 60.8 Å². The van der Waals surface area contributed by atoms with Gasteiger partial charge in [0.2, 0.25) is 5.88 Å². The zero-order valence-electron chi connectivity index (χ0n) is 22.9. The standard InChI is InChI=1S/C33H36FNO4/c1-33(2)14-5-4-9-29(33)27-15-21(10-13-25(27)28-17-31(38-3)35-19-30(28)34)20-39-24-8-6-7-23(16-24)26(18-32(36)37)22-11-12-22/h6-10,13,15-17,19,22,26H,4-5,11-12,14,18,20H2,1-3H3,(H,36,37). The van der Waals surface area contributed by atoms with Crippen molar-refractivity contribution < 1.29 is 23.8 Å². The number of ether oxygens (including phenoxy) is 2. The predicted molar refractivity (Wildman–Crippen MR) is 150 cm³/mol. The summed E-state index contributed by atoms with van der Waals surface area (Å²) < 4.78 is 26.6. The first-order chi connectivity index (χ1) is 18.7. The maximum atomic E-state index is 15.0. The van der Waals surface area contributed by atoms with Gasteiger partial charge in [0.1, 0.15) is 18.2 Å². The Kier molecular flexibility index (Phi) is 7.74. The number of methoxy groups -OCH3 is 1. The van der Waals surface area contributed by atoms with Crippen LogP contribution in [0.5, 0.6) is 11.6 Å². The molecule has 39 heavy (non-hydrogen) atoms. The summed E-state index contributed by atoms with van der Waals surface area (Å²) in [4.78, 5) is 15.5. The third-order valence-electron chi connectivity index (χ3n) is 8.06. The summed E-state index contributed by atoms with van der Waals surface area (Å²) in [7, 11) is 1.53. The highest BCUT2D eigenvalue weighted by Crippen LogP contribution is 2.47. The van der Waals surface area contributed by atoms with Crippen molar-refractivity contribution in [2.24, 2.45) is 11.3 Å². The van der Waals surface area contributed by atoms with Crippen molar-refractivity contribution in [1.29, 1.82) is 0 Å². The van der Waals surface area contributed by atoms with Gasteiger partial charge >= 0.3 is 5.97 Å². The molecule has 1 aromatic heterocycles. The van der Waals surface area contributed by atoms with Gasteiger partial charge in [0, 0.05) is 11.6 Å². The number of carbonyl (C=O) groups is 1. The van der Waals surface area contributed by atoms with Gasteiger partial charge in [-0.15, -0.1) is 0 Å². The maximum absolute atomic E-state index is 15.0. The quantitative estimate of drug-likeness (QED) is 0.288. The molecule has 0 spiro atoms. The van der Waals surface area contributed by atoms with Crippen LogP contribution in [0.3, 0.4) is 0 Å². The van der Waals surface area contributed by atoms with Crippen molar-refractivity contribution in [2.45, 2.75) is 64.9 Å². The van der Waals surface area contributed by atoms with Gasteiger partial charge in [0.05, 0.1) is 19.7 Å². The molecule has 0 saturated heterocycles. The Morgan fingerprint density at radius 2 is 1.95 bits per heavy atom. The molecule has 1 fully saturated rings. The molecule has 1 saturated carbocycles. The lowest BCUT2D eigenvalue weighted by molar-refractivity contribution is -0.137. The van der Waals surface area contributed by atoms with Gasteiger partial charge in [-0.05, 0) is 95.4 Å². The molecule has 2 aliphatic rings.